The number of para-hydroxylation sites is 1. The highest BCUT2D eigenvalue weighted by atomic mass is 32.3. The van der Waals surface area contributed by atoms with Gasteiger partial charge in [0.1, 0.15) is 19.0 Å². The zero-order chi connectivity index (χ0) is 23.5. The first-order valence-corrected chi connectivity index (χ1v) is 11.2. The van der Waals surface area contributed by atoms with E-state index in [0.717, 1.165) is 24.1 Å². The van der Waals surface area contributed by atoms with Crippen molar-refractivity contribution in [3.05, 3.63) is 53.6 Å². The molecular weight excluding hydrogens is 434 g/mol. The van der Waals surface area contributed by atoms with E-state index < -0.39 is 10.4 Å². The second-order valence-electron chi connectivity index (χ2n) is 7.83. The number of ether oxygens (including phenoxy) is 2. The Hall–Kier alpha value is -2.79. The number of hydrazone groups is 1. The van der Waals surface area contributed by atoms with Crippen molar-refractivity contribution in [1.82, 2.24) is 0 Å². The van der Waals surface area contributed by atoms with Crippen molar-refractivity contribution in [3.8, 4) is 5.75 Å². The van der Waals surface area contributed by atoms with E-state index in [0.29, 0.717) is 13.4 Å². The molecule has 32 heavy (non-hydrogen) atoms. The molecule has 0 radical (unpaired) electrons. The van der Waals surface area contributed by atoms with Crippen molar-refractivity contribution in [3.63, 3.8) is 0 Å². The van der Waals surface area contributed by atoms with Crippen LogP contribution in [0.1, 0.15) is 25.0 Å². The third-order valence-corrected chi connectivity index (χ3v) is 5.88. The zero-order valence-corrected chi connectivity index (χ0v) is 19.5. The van der Waals surface area contributed by atoms with Gasteiger partial charge in [-0.1, -0.05) is 18.2 Å². The van der Waals surface area contributed by atoms with Gasteiger partial charge in [-0.05, 0) is 32.0 Å². The number of hydrogen-bond acceptors (Lipinski definition) is 8. The Morgan fingerprint density at radius 1 is 1.25 bits per heavy atom. The fraction of sp³-hybridized carbons (Fsp3) is 0.364. The standard InChI is InChI=1S/C21H24N3O2.CH4O4S/c1-21(2)17-7-5-6-8-18(17)23(3)20(21)12-22-24(4)16-9-10-19-15(11-16)13-25-14-26-19;1-5-6(2,3)4/h5-12H,13-14H2,1-4H3;1H3,(H,2,3,4)/q+1;/p-1. The van der Waals surface area contributed by atoms with E-state index in [1.165, 1.54) is 17.0 Å². The summed E-state index contributed by atoms with van der Waals surface area (Å²) in [6, 6.07) is 14.6. The first-order chi connectivity index (χ1) is 15.0. The fourth-order valence-electron chi connectivity index (χ4n) is 3.72. The average molecular weight is 462 g/mol. The van der Waals surface area contributed by atoms with Gasteiger partial charge in [0.2, 0.25) is 21.8 Å². The average Bonchev–Trinajstić information content (AvgIpc) is 2.97. The number of fused-ring (bicyclic) bond motifs is 2. The van der Waals surface area contributed by atoms with Crippen molar-refractivity contribution in [1.29, 1.82) is 0 Å². The van der Waals surface area contributed by atoms with Gasteiger partial charge in [-0.25, -0.2) is 8.42 Å². The lowest BCUT2D eigenvalue weighted by Gasteiger charge is -2.20. The number of hydrogen-bond donors (Lipinski definition) is 0. The van der Waals surface area contributed by atoms with Crippen LogP contribution < -0.4 is 9.75 Å². The van der Waals surface area contributed by atoms with Gasteiger partial charge in [-0.2, -0.15) is 9.68 Å². The second-order valence-corrected chi connectivity index (χ2v) is 8.98. The smallest absolute Gasteiger partial charge is 0.217 e. The molecule has 2 aromatic carbocycles. The summed E-state index contributed by atoms with van der Waals surface area (Å²) in [4.78, 5) is 0. The molecule has 2 heterocycles. The van der Waals surface area contributed by atoms with Crippen LogP contribution in [-0.4, -0.2) is 57.5 Å². The van der Waals surface area contributed by atoms with Crippen LogP contribution in [0.3, 0.4) is 0 Å². The minimum atomic E-state index is -4.41. The Bertz CT molecular complexity index is 1160. The molecule has 0 unspecified atom stereocenters. The normalized spacial score (nSPS) is 16.7. The Kier molecular flexibility index (Phi) is 6.99. The highest BCUT2D eigenvalue weighted by Gasteiger charge is 2.43. The summed E-state index contributed by atoms with van der Waals surface area (Å²) in [5.41, 5.74) is 5.72. The number of anilines is 1. The predicted molar refractivity (Wildman–Crippen MR) is 121 cm³/mol. The van der Waals surface area contributed by atoms with Crippen LogP contribution in [0.2, 0.25) is 0 Å². The Labute approximate surface area is 188 Å². The molecule has 0 amide bonds. The van der Waals surface area contributed by atoms with E-state index in [-0.39, 0.29) is 5.41 Å². The van der Waals surface area contributed by atoms with E-state index in [2.05, 4.69) is 60.0 Å². The van der Waals surface area contributed by atoms with Crippen molar-refractivity contribution >= 4 is 33.7 Å². The molecule has 4 rings (SSSR count). The van der Waals surface area contributed by atoms with Crippen molar-refractivity contribution in [2.24, 2.45) is 5.10 Å². The number of benzene rings is 2. The summed E-state index contributed by atoms with van der Waals surface area (Å²) >= 11 is 0. The minimum absolute atomic E-state index is 0.0762. The molecule has 0 saturated carbocycles. The molecule has 2 aliphatic rings. The lowest BCUT2D eigenvalue weighted by molar-refractivity contribution is -0.400. The van der Waals surface area contributed by atoms with Gasteiger partial charge in [0.25, 0.3) is 0 Å². The SMILES string of the molecule is CN(N=CC1=[N+](C)c2ccccc2C1(C)C)c1ccc2c(c1)COCO2.COS(=O)(=O)[O-]. The summed E-state index contributed by atoms with van der Waals surface area (Å²) in [5, 5.41) is 6.59. The topological polar surface area (TPSA) is 104 Å². The Morgan fingerprint density at radius 3 is 2.59 bits per heavy atom. The molecule has 2 aromatic rings. The van der Waals surface area contributed by atoms with Crippen LogP contribution in [0, 0.1) is 0 Å². The summed E-state index contributed by atoms with van der Waals surface area (Å²) in [6.45, 7) is 5.37. The Balaban J connectivity index is 0.000000427. The van der Waals surface area contributed by atoms with Crippen LogP contribution in [-0.2, 0) is 31.3 Å². The maximum atomic E-state index is 9.22. The largest absolute Gasteiger partial charge is 0.726 e. The first-order valence-electron chi connectivity index (χ1n) is 9.88. The molecule has 0 aromatic heterocycles. The third-order valence-electron chi connectivity index (χ3n) is 5.47. The van der Waals surface area contributed by atoms with Crippen molar-refractivity contribution < 1.29 is 31.2 Å². The van der Waals surface area contributed by atoms with Crippen LogP contribution in [0.5, 0.6) is 5.75 Å². The fourth-order valence-corrected chi connectivity index (χ4v) is 3.72. The molecule has 0 fully saturated rings. The molecule has 2 aliphatic heterocycles. The monoisotopic (exact) mass is 461 g/mol. The molecule has 0 atom stereocenters. The summed E-state index contributed by atoms with van der Waals surface area (Å²) in [6.07, 6.45) is 1.96. The van der Waals surface area contributed by atoms with E-state index in [1.54, 1.807) is 0 Å². The van der Waals surface area contributed by atoms with Crippen molar-refractivity contribution in [2.75, 3.05) is 33.0 Å². The highest BCUT2D eigenvalue weighted by Crippen LogP contribution is 2.38. The molecular formula is C22H27N3O6S. The molecule has 10 heteroatoms. The van der Waals surface area contributed by atoms with Gasteiger partial charge in [0.15, 0.2) is 6.79 Å². The molecule has 0 saturated heterocycles. The Morgan fingerprint density at radius 2 is 1.94 bits per heavy atom. The van der Waals surface area contributed by atoms with Crippen LogP contribution in [0.15, 0.2) is 47.6 Å². The maximum absolute atomic E-state index is 9.22. The summed E-state index contributed by atoms with van der Waals surface area (Å²) < 4.78 is 44.1. The molecule has 0 spiro atoms. The summed E-state index contributed by atoms with van der Waals surface area (Å²) in [5.74, 6) is 0.888. The maximum Gasteiger partial charge on any atom is 0.217 e. The molecule has 0 bridgehead atoms. The quantitative estimate of drug-likeness (QED) is 0.227. The van der Waals surface area contributed by atoms with Gasteiger partial charge in [0, 0.05) is 24.2 Å². The second kappa shape index (κ2) is 9.37. The van der Waals surface area contributed by atoms with Crippen molar-refractivity contribution in [2.45, 2.75) is 25.9 Å². The van der Waals surface area contributed by atoms with E-state index in [4.69, 9.17) is 14.6 Å². The van der Waals surface area contributed by atoms with Crippen LogP contribution >= 0.6 is 0 Å². The zero-order valence-electron chi connectivity index (χ0n) is 18.7. The van der Waals surface area contributed by atoms with E-state index in [9.17, 15) is 13.0 Å². The number of nitrogens with zero attached hydrogens (tertiary/aromatic N) is 3. The van der Waals surface area contributed by atoms with Crippen LogP contribution in [0.4, 0.5) is 11.4 Å². The van der Waals surface area contributed by atoms with Gasteiger partial charge in [-0.3, -0.25) is 9.19 Å². The van der Waals surface area contributed by atoms with Gasteiger partial charge >= 0.3 is 0 Å². The highest BCUT2D eigenvalue weighted by molar-refractivity contribution is 7.80. The van der Waals surface area contributed by atoms with Gasteiger partial charge in [-0.15, -0.1) is 0 Å². The van der Waals surface area contributed by atoms with Gasteiger partial charge < -0.3 is 14.0 Å². The first kappa shape index (κ1) is 23.9. The number of rotatable bonds is 4. The van der Waals surface area contributed by atoms with Crippen LogP contribution in [0.25, 0.3) is 0 Å². The van der Waals surface area contributed by atoms with Gasteiger partial charge in [0.05, 0.1) is 24.8 Å². The molecule has 0 aliphatic carbocycles. The minimum Gasteiger partial charge on any atom is -0.726 e. The predicted octanol–water partition coefficient (Wildman–Crippen LogP) is 2.77. The molecule has 172 valence electrons. The summed E-state index contributed by atoms with van der Waals surface area (Å²) in [7, 11) is 0.452. The third kappa shape index (κ3) is 5.16. The molecule has 0 N–H and O–H groups in total. The van der Waals surface area contributed by atoms with E-state index >= 15 is 0 Å². The lowest BCUT2D eigenvalue weighted by Crippen LogP contribution is -2.30. The van der Waals surface area contributed by atoms with E-state index in [1.807, 2.05) is 30.4 Å². The molecule has 9 nitrogen and oxygen atoms in total. The lowest BCUT2D eigenvalue weighted by atomic mass is 9.82.